The summed E-state index contributed by atoms with van der Waals surface area (Å²) in [7, 11) is 0. The summed E-state index contributed by atoms with van der Waals surface area (Å²) in [5, 5.41) is 9.81. The molecule has 0 atom stereocenters. The average molecular weight is 401 g/mol. The fraction of sp³-hybridized carbons (Fsp3) is 0.353. The first kappa shape index (κ1) is 19.2. The summed E-state index contributed by atoms with van der Waals surface area (Å²) in [6.07, 6.45) is -5.58. The Balaban J connectivity index is 1.98. The molecule has 2 heterocycles. The van der Waals surface area contributed by atoms with E-state index in [0.717, 1.165) is 5.38 Å². The lowest BCUT2D eigenvalue weighted by Gasteiger charge is -2.32. The molecule has 1 aliphatic rings. The van der Waals surface area contributed by atoms with Gasteiger partial charge in [0.2, 0.25) is 0 Å². The number of rotatable bonds is 2. The maximum absolute atomic E-state index is 13.3. The number of piperidine rings is 1. The maximum atomic E-state index is 13.3. The number of carbonyl (C=O) groups is 1. The standard InChI is InChI=1S/C17H12F5N3OS/c18-16(19)3-5-25(6-4-16)15(26)11-2-1-10(8-23)7-12(11)14-24-13(9-27-14)17(20,21)22/h1-2,7,9H,3-6H2. The van der Waals surface area contributed by atoms with Crippen LogP contribution in [0.15, 0.2) is 23.6 Å². The lowest BCUT2D eigenvalue weighted by Crippen LogP contribution is -2.42. The van der Waals surface area contributed by atoms with Crippen molar-refractivity contribution in [2.45, 2.75) is 24.9 Å². The van der Waals surface area contributed by atoms with Gasteiger partial charge < -0.3 is 4.90 Å². The number of thiazole rings is 1. The van der Waals surface area contributed by atoms with Gasteiger partial charge in [-0.2, -0.15) is 18.4 Å². The largest absolute Gasteiger partial charge is 0.434 e. The van der Waals surface area contributed by atoms with Gasteiger partial charge in [0.25, 0.3) is 11.8 Å². The van der Waals surface area contributed by atoms with Gasteiger partial charge in [-0.3, -0.25) is 4.79 Å². The number of nitriles is 1. The fourth-order valence-corrected chi connectivity index (χ4v) is 3.57. The molecule has 142 valence electrons. The number of carbonyl (C=O) groups excluding carboxylic acids is 1. The molecule has 1 aromatic carbocycles. The van der Waals surface area contributed by atoms with Gasteiger partial charge in [0.15, 0.2) is 5.69 Å². The zero-order valence-electron chi connectivity index (χ0n) is 13.7. The minimum Gasteiger partial charge on any atom is -0.338 e. The second-order valence-electron chi connectivity index (χ2n) is 6.06. The zero-order chi connectivity index (χ0) is 19.8. The van der Waals surface area contributed by atoms with Gasteiger partial charge in [0.1, 0.15) is 5.01 Å². The van der Waals surface area contributed by atoms with Crippen molar-refractivity contribution >= 4 is 17.2 Å². The smallest absolute Gasteiger partial charge is 0.338 e. The molecule has 1 fully saturated rings. The molecule has 1 saturated heterocycles. The van der Waals surface area contributed by atoms with Crippen molar-refractivity contribution in [3.8, 4) is 16.6 Å². The van der Waals surface area contributed by atoms with Crippen LogP contribution in [0.25, 0.3) is 10.6 Å². The Hall–Kier alpha value is -2.54. The summed E-state index contributed by atoms with van der Waals surface area (Å²) in [5.41, 5.74) is -0.837. The maximum Gasteiger partial charge on any atom is 0.434 e. The Kier molecular flexibility index (Phi) is 4.90. The molecule has 0 radical (unpaired) electrons. The normalized spacial score (nSPS) is 16.8. The first-order chi connectivity index (χ1) is 12.6. The number of aromatic nitrogens is 1. The Morgan fingerprint density at radius 3 is 2.48 bits per heavy atom. The minimum absolute atomic E-state index is 0.0299. The van der Waals surface area contributed by atoms with Crippen LogP contribution in [0.5, 0.6) is 0 Å². The molecular formula is C17H12F5N3OS. The van der Waals surface area contributed by atoms with Crippen molar-refractivity contribution < 1.29 is 26.7 Å². The number of amides is 1. The number of benzene rings is 1. The summed E-state index contributed by atoms with van der Waals surface area (Å²) in [5.74, 6) is -3.41. The Labute approximate surface area is 154 Å². The third kappa shape index (κ3) is 4.08. The fourth-order valence-electron chi connectivity index (χ4n) is 2.71. The van der Waals surface area contributed by atoms with E-state index in [2.05, 4.69) is 4.98 Å². The number of hydrogen-bond acceptors (Lipinski definition) is 4. The van der Waals surface area contributed by atoms with Crippen molar-refractivity contribution in [1.29, 1.82) is 5.26 Å². The third-order valence-electron chi connectivity index (χ3n) is 4.19. The summed E-state index contributed by atoms with van der Waals surface area (Å²) in [6, 6.07) is 5.82. The molecule has 0 bridgehead atoms. The van der Waals surface area contributed by atoms with Gasteiger partial charge >= 0.3 is 6.18 Å². The van der Waals surface area contributed by atoms with Crippen LogP contribution < -0.4 is 0 Å². The van der Waals surface area contributed by atoms with E-state index in [1.165, 1.54) is 23.1 Å². The number of halogens is 5. The summed E-state index contributed by atoms with van der Waals surface area (Å²) in [6.45, 7) is -0.312. The highest BCUT2D eigenvalue weighted by atomic mass is 32.1. The summed E-state index contributed by atoms with van der Waals surface area (Å²) in [4.78, 5) is 17.5. The Morgan fingerprint density at radius 2 is 1.93 bits per heavy atom. The number of nitrogens with zero attached hydrogens (tertiary/aromatic N) is 3. The van der Waals surface area contributed by atoms with E-state index in [4.69, 9.17) is 5.26 Å². The molecule has 2 aromatic rings. The van der Waals surface area contributed by atoms with Crippen LogP contribution >= 0.6 is 11.3 Å². The first-order valence-corrected chi connectivity index (χ1v) is 8.73. The van der Waals surface area contributed by atoms with E-state index in [-0.39, 0.29) is 34.8 Å². The summed E-state index contributed by atoms with van der Waals surface area (Å²) < 4.78 is 65.1. The Bertz CT molecular complexity index is 906. The number of likely N-dealkylation sites (tertiary alicyclic amines) is 1. The highest BCUT2D eigenvalue weighted by molar-refractivity contribution is 7.13. The van der Waals surface area contributed by atoms with Crippen molar-refractivity contribution in [1.82, 2.24) is 9.88 Å². The lowest BCUT2D eigenvalue weighted by atomic mass is 10.0. The molecule has 0 N–H and O–H groups in total. The quantitative estimate of drug-likeness (QED) is 0.693. The van der Waals surface area contributed by atoms with Gasteiger partial charge in [-0.1, -0.05) is 0 Å². The molecule has 0 saturated carbocycles. The monoisotopic (exact) mass is 401 g/mol. The lowest BCUT2D eigenvalue weighted by molar-refractivity contribution is -0.140. The van der Waals surface area contributed by atoms with Gasteiger partial charge in [0.05, 0.1) is 11.6 Å². The van der Waals surface area contributed by atoms with E-state index in [9.17, 15) is 26.7 Å². The number of alkyl halides is 5. The van der Waals surface area contributed by atoms with Crippen LogP contribution in [0.3, 0.4) is 0 Å². The molecule has 0 unspecified atom stereocenters. The molecule has 10 heteroatoms. The van der Waals surface area contributed by atoms with Crippen LogP contribution in [-0.2, 0) is 6.18 Å². The van der Waals surface area contributed by atoms with Gasteiger partial charge in [0, 0.05) is 42.4 Å². The molecule has 3 rings (SSSR count). The average Bonchev–Trinajstić information content (AvgIpc) is 3.11. The van der Waals surface area contributed by atoms with Crippen molar-refractivity contribution in [2.75, 3.05) is 13.1 Å². The van der Waals surface area contributed by atoms with Crippen molar-refractivity contribution in [3.05, 3.63) is 40.4 Å². The molecule has 0 aliphatic carbocycles. The van der Waals surface area contributed by atoms with E-state index in [1.807, 2.05) is 6.07 Å². The van der Waals surface area contributed by atoms with Crippen LogP contribution in [-0.4, -0.2) is 34.8 Å². The van der Waals surface area contributed by atoms with Gasteiger partial charge in [-0.15, -0.1) is 11.3 Å². The van der Waals surface area contributed by atoms with E-state index in [0.29, 0.717) is 11.3 Å². The molecule has 1 aliphatic heterocycles. The van der Waals surface area contributed by atoms with Crippen molar-refractivity contribution in [2.24, 2.45) is 0 Å². The Morgan fingerprint density at radius 1 is 1.26 bits per heavy atom. The molecule has 0 spiro atoms. The first-order valence-electron chi connectivity index (χ1n) is 7.85. The van der Waals surface area contributed by atoms with Crippen LogP contribution in [0.2, 0.25) is 0 Å². The molecule has 1 amide bonds. The zero-order valence-corrected chi connectivity index (χ0v) is 14.5. The highest BCUT2D eigenvalue weighted by Gasteiger charge is 2.37. The van der Waals surface area contributed by atoms with Gasteiger partial charge in [-0.05, 0) is 18.2 Å². The topological polar surface area (TPSA) is 57.0 Å². The van der Waals surface area contributed by atoms with Crippen LogP contribution in [0.1, 0.15) is 34.5 Å². The highest BCUT2D eigenvalue weighted by Crippen LogP contribution is 2.36. The van der Waals surface area contributed by atoms with E-state index < -0.39 is 36.5 Å². The molecule has 27 heavy (non-hydrogen) atoms. The number of hydrogen-bond donors (Lipinski definition) is 0. The van der Waals surface area contributed by atoms with E-state index >= 15 is 0 Å². The molecule has 1 aromatic heterocycles. The second-order valence-corrected chi connectivity index (χ2v) is 6.91. The predicted octanol–water partition coefficient (Wildman–Crippen LogP) is 4.57. The minimum atomic E-state index is -4.63. The van der Waals surface area contributed by atoms with Crippen LogP contribution in [0.4, 0.5) is 22.0 Å². The predicted molar refractivity (Wildman–Crippen MR) is 87.4 cm³/mol. The van der Waals surface area contributed by atoms with Gasteiger partial charge in [-0.25, -0.2) is 13.8 Å². The third-order valence-corrected chi connectivity index (χ3v) is 5.06. The SMILES string of the molecule is N#Cc1ccc(C(=O)N2CCC(F)(F)CC2)c(-c2nc(C(F)(F)F)cs2)c1. The van der Waals surface area contributed by atoms with Crippen molar-refractivity contribution in [3.63, 3.8) is 0 Å². The second kappa shape index (κ2) is 6.88. The van der Waals surface area contributed by atoms with Crippen LogP contribution in [0, 0.1) is 11.3 Å². The van der Waals surface area contributed by atoms with E-state index in [1.54, 1.807) is 0 Å². The summed E-state index contributed by atoms with van der Waals surface area (Å²) >= 11 is 0.695. The molecular weight excluding hydrogens is 389 g/mol. The molecule has 4 nitrogen and oxygen atoms in total.